The highest BCUT2D eigenvalue weighted by Gasteiger charge is 2.38. The van der Waals surface area contributed by atoms with Gasteiger partial charge in [-0.25, -0.2) is 4.79 Å². The third-order valence-electron chi connectivity index (χ3n) is 6.31. The number of fused-ring (bicyclic) bond motifs is 1. The van der Waals surface area contributed by atoms with E-state index in [2.05, 4.69) is 5.32 Å². The Balaban J connectivity index is 1.46. The third kappa shape index (κ3) is 6.05. The van der Waals surface area contributed by atoms with Crippen LogP contribution in [0.25, 0.3) is 21.9 Å². The van der Waals surface area contributed by atoms with Crippen molar-refractivity contribution in [3.63, 3.8) is 0 Å². The first-order valence-corrected chi connectivity index (χ1v) is 12.0. The predicted molar refractivity (Wildman–Crippen MR) is 134 cm³/mol. The molecule has 1 aliphatic rings. The minimum absolute atomic E-state index is 0.104. The molecule has 37 heavy (non-hydrogen) atoms. The smallest absolute Gasteiger partial charge is 0.416 e. The fourth-order valence-corrected chi connectivity index (χ4v) is 4.32. The molecule has 1 saturated heterocycles. The lowest BCUT2D eigenvalue weighted by atomic mass is 9.91. The monoisotopic (exact) mass is 514 g/mol. The van der Waals surface area contributed by atoms with Crippen LogP contribution in [0.5, 0.6) is 0 Å². The zero-order chi connectivity index (χ0) is 27.0. The third-order valence-corrected chi connectivity index (χ3v) is 6.31. The number of hydrogen-bond donors (Lipinski definition) is 2. The summed E-state index contributed by atoms with van der Waals surface area (Å²) in [6.07, 6.45) is -4.83. The Labute approximate surface area is 213 Å². The number of nitrogens with zero attached hydrogens (tertiary/aromatic N) is 1. The fourth-order valence-electron chi connectivity index (χ4n) is 4.32. The van der Waals surface area contributed by atoms with Gasteiger partial charge in [0.25, 0.3) is 5.91 Å². The molecule has 1 heterocycles. The van der Waals surface area contributed by atoms with Crippen LogP contribution in [0.15, 0.2) is 60.7 Å². The van der Waals surface area contributed by atoms with Crippen LogP contribution in [-0.2, 0) is 10.9 Å². The van der Waals surface area contributed by atoms with E-state index in [-0.39, 0.29) is 18.4 Å². The van der Waals surface area contributed by atoms with Gasteiger partial charge in [-0.1, -0.05) is 36.4 Å². The summed E-state index contributed by atoms with van der Waals surface area (Å²) in [5.74, 6) is -0.468. The minimum atomic E-state index is -4.40. The second-order valence-corrected chi connectivity index (χ2v) is 10.2. The second-order valence-electron chi connectivity index (χ2n) is 10.2. The first-order chi connectivity index (χ1) is 17.4. The fraction of sp³-hybridized carbons (Fsp3) is 0.357. The van der Waals surface area contributed by atoms with Crippen LogP contribution in [0.4, 0.5) is 18.0 Å². The Morgan fingerprint density at radius 3 is 2.32 bits per heavy atom. The normalized spacial score (nSPS) is 15.3. The van der Waals surface area contributed by atoms with Crippen molar-refractivity contribution in [2.24, 2.45) is 5.92 Å². The van der Waals surface area contributed by atoms with Crippen molar-refractivity contribution in [2.75, 3.05) is 19.7 Å². The largest absolute Gasteiger partial charge is 0.444 e. The zero-order valence-corrected chi connectivity index (χ0v) is 20.8. The molecule has 3 aromatic carbocycles. The zero-order valence-electron chi connectivity index (χ0n) is 20.8. The van der Waals surface area contributed by atoms with Crippen LogP contribution in [0.2, 0.25) is 0 Å². The van der Waals surface area contributed by atoms with Gasteiger partial charge in [0.05, 0.1) is 18.2 Å². The van der Waals surface area contributed by atoms with E-state index < -0.39 is 29.5 Å². The maximum atomic E-state index is 13.0. The summed E-state index contributed by atoms with van der Waals surface area (Å²) in [5.41, 5.74) is 0.460. The number of rotatable bonds is 5. The lowest BCUT2D eigenvalue weighted by Crippen LogP contribution is -2.60. The van der Waals surface area contributed by atoms with Crippen LogP contribution >= 0.6 is 0 Å². The van der Waals surface area contributed by atoms with Gasteiger partial charge < -0.3 is 20.1 Å². The molecule has 1 fully saturated rings. The van der Waals surface area contributed by atoms with Crippen molar-refractivity contribution in [2.45, 2.75) is 38.6 Å². The van der Waals surface area contributed by atoms with Gasteiger partial charge in [0, 0.05) is 24.6 Å². The highest BCUT2D eigenvalue weighted by Crippen LogP contribution is 2.33. The number of carbonyl (C=O) groups is 2. The molecule has 6 nitrogen and oxygen atoms in total. The van der Waals surface area contributed by atoms with Gasteiger partial charge in [0.2, 0.25) is 0 Å². The number of benzene rings is 3. The molecule has 2 N–H and O–H groups in total. The van der Waals surface area contributed by atoms with Gasteiger partial charge in [-0.05, 0) is 66.9 Å². The summed E-state index contributed by atoms with van der Waals surface area (Å²) in [7, 11) is 0. The molecule has 0 radical (unpaired) electrons. The molecular formula is C28H29F3N2O4. The average Bonchev–Trinajstić information content (AvgIpc) is 2.80. The molecule has 2 amide bonds. The number of amides is 2. The number of carbonyl (C=O) groups excluding carboxylic acids is 2. The number of hydrogen-bond acceptors (Lipinski definition) is 4. The van der Waals surface area contributed by atoms with Crippen molar-refractivity contribution >= 4 is 22.8 Å². The Hall–Kier alpha value is -3.59. The minimum Gasteiger partial charge on any atom is -0.444 e. The van der Waals surface area contributed by atoms with E-state index in [1.165, 1.54) is 17.0 Å². The first-order valence-electron chi connectivity index (χ1n) is 12.0. The van der Waals surface area contributed by atoms with E-state index in [1.807, 2.05) is 12.1 Å². The summed E-state index contributed by atoms with van der Waals surface area (Å²) in [4.78, 5) is 26.6. The molecule has 0 bridgehead atoms. The summed E-state index contributed by atoms with van der Waals surface area (Å²) >= 11 is 0. The molecular weight excluding hydrogens is 485 g/mol. The van der Waals surface area contributed by atoms with Crippen LogP contribution < -0.4 is 5.32 Å². The van der Waals surface area contributed by atoms with Crippen LogP contribution in [0.1, 0.15) is 36.7 Å². The van der Waals surface area contributed by atoms with E-state index in [1.54, 1.807) is 45.0 Å². The van der Waals surface area contributed by atoms with Gasteiger partial charge >= 0.3 is 12.3 Å². The first kappa shape index (κ1) is 26.5. The quantitative estimate of drug-likeness (QED) is 0.473. The van der Waals surface area contributed by atoms with E-state index in [0.717, 1.165) is 28.5 Å². The average molecular weight is 515 g/mol. The standard InChI is InChI=1S/C28H29F3N2O4/c1-27(2,3)37-26(36)33-14-20(15-33)24(16-34)32-25(35)19-9-12-23-18(13-19)5-4-6-22(23)17-7-10-21(11-8-17)28(29,30)31/h4-13,20,24,34H,14-16H2,1-3H3,(H,32,35). The van der Waals surface area contributed by atoms with E-state index >= 15 is 0 Å². The predicted octanol–water partition coefficient (Wildman–Crippen LogP) is 5.48. The van der Waals surface area contributed by atoms with E-state index in [9.17, 15) is 27.9 Å². The van der Waals surface area contributed by atoms with Crippen LogP contribution in [-0.4, -0.2) is 53.3 Å². The second kappa shape index (κ2) is 10.0. The Bertz CT molecular complexity index is 1290. The van der Waals surface area contributed by atoms with Gasteiger partial charge in [0.15, 0.2) is 0 Å². The maximum absolute atomic E-state index is 13.0. The molecule has 3 aromatic rings. The van der Waals surface area contributed by atoms with Crippen molar-refractivity contribution < 1.29 is 32.6 Å². The van der Waals surface area contributed by atoms with Crippen molar-refractivity contribution in [1.82, 2.24) is 10.2 Å². The van der Waals surface area contributed by atoms with Crippen molar-refractivity contribution in [3.8, 4) is 11.1 Å². The van der Waals surface area contributed by atoms with Gasteiger partial charge in [-0.2, -0.15) is 13.2 Å². The summed E-state index contributed by atoms with van der Waals surface area (Å²) in [6, 6.07) is 15.0. The Morgan fingerprint density at radius 1 is 1.05 bits per heavy atom. The number of halogens is 3. The highest BCUT2D eigenvalue weighted by atomic mass is 19.4. The summed E-state index contributed by atoms with van der Waals surface area (Å²) < 4.78 is 44.1. The van der Waals surface area contributed by atoms with Crippen molar-refractivity contribution in [1.29, 1.82) is 0 Å². The summed E-state index contributed by atoms with van der Waals surface area (Å²) in [5, 5.41) is 14.3. The van der Waals surface area contributed by atoms with Gasteiger partial charge in [-0.3, -0.25) is 4.79 Å². The molecule has 1 unspecified atom stereocenters. The van der Waals surface area contributed by atoms with Gasteiger partial charge in [0.1, 0.15) is 5.60 Å². The topological polar surface area (TPSA) is 78.9 Å². The molecule has 0 spiro atoms. The molecule has 1 atom stereocenters. The molecule has 0 aliphatic carbocycles. The van der Waals surface area contributed by atoms with E-state index in [0.29, 0.717) is 24.2 Å². The molecule has 0 aromatic heterocycles. The molecule has 4 rings (SSSR count). The number of likely N-dealkylation sites (tertiary alicyclic amines) is 1. The SMILES string of the molecule is CC(C)(C)OC(=O)N1CC(C(CO)NC(=O)c2ccc3c(-c4ccc(C(F)(F)F)cc4)cccc3c2)C1. The number of nitrogens with one attached hydrogen (secondary N) is 1. The Kier molecular flexibility index (Phi) is 7.19. The Morgan fingerprint density at radius 2 is 1.73 bits per heavy atom. The van der Waals surface area contributed by atoms with E-state index in [4.69, 9.17) is 4.74 Å². The van der Waals surface area contributed by atoms with Crippen LogP contribution in [0, 0.1) is 5.92 Å². The highest BCUT2D eigenvalue weighted by molar-refractivity contribution is 6.02. The van der Waals surface area contributed by atoms with Crippen molar-refractivity contribution in [3.05, 3.63) is 71.8 Å². The summed E-state index contributed by atoms with van der Waals surface area (Å²) in [6.45, 7) is 5.83. The number of alkyl halides is 3. The maximum Gasteiger partial charge on any atom is 0.416 e. The molecule has 1 aliphatic heterocycles. The number of ether oxygens (including phenoxy) is 1. The molecule has 9 heteroatoms. The van der Waals surface area contributed by atoms with Gasteiger partial charge in [-0.15, -0.1) is 0 Å². The molecule has 196 valence electrons. The lowest BCUT2D eigenvalue weighted by molar-refractivity contribution is -0.137. The molecule has 0 saturated carbocycles. The number of aliphatic hydroxyl groups excluding tert-OH is 1. The van der Waals surface area contributed by atoms with Crippen LogP contribution in [0.3, 0.4) is 0 Å². The number of aliphatic hydroxyl groups is 1. The lowest BCUT2D eigenvalue weighted by Gasteiger charge is -2.43.